The van der Waals surface area contributed by atoms with E-state index in [0.717, 1.165) is 34.3 Å². The highest BCUT2D eigenvalue weighted by molar-refractivity contribution is 5.79. The lowest BCUT2D eigenvalue weighted by Crippen LogP contribution is -2.36. The van der Waals surface area contributed by atoms with E-state index in [2.05, 4.69) is 26.7 Å². The summed E-state index contributed by atoms with van der Waals surface area (Å²) in [6.45, 7) is 4.33. The molecule has 0 atom stereocenters. The lowest BCUT2D eigenvalue weighted by molar-refractivity contribution is 0.301. The molecule has 30 heavy (non-hydrogen) atoms. The van der Waals surface area contributed by atoms with E-state index in [1.54, 1.807) is 13.2 Å². The summed E-state index contributed by atoms with van der Waals surface area (Å²) in [6, 6.07) is 21.8. The molecule has 0 unspecified atom stereocenters. The molecule has 3 aromatic rings. The van der Waals surface area contributed by atoms with Crippen LogP contribution in [0.1, 0.15) is 23.7 Å². The van der Waals surface area contributed by atoms with Crippen LogP contribution in [-0.2, 0) is 19.7 Å². The van der Waals surface area contributed by atoms with Gasteiger partial charge >= 0.3 is 0 Å². The lowest BCUT2D eigenvalue weighted by Gasteiger charge is -2.15. The van der Waals surface area contributed by atoms with Crippen LogP contribution in [0, 0.1) is 0 Å². The fourth-order valence-corrected chi connectivity index (χ4v) is 2.92. The van der Waals surface area contributed by atoms with Crippen LogP contribution in [0.25, 0.3) is 0 Å². The molecule has 6 heteroatoms. The van der Waals surface area contributed by atoms with Crippen LogP contribution in [0.2, 0.25) is 0 Å². The maximum Gasteiger partial charge on any atom is 0.191 e. The zero-order chi connectivity index (χ0) is 21.0. The first-order chi connectivity index (χ1) is 14.8. The summed E-state index contributed by atoms with van der Waals surface area (Å²) >= 11 is 0. The molecule has 0 aliphatic carbocycles. The highest BCUT2D eigenvalue weighted by atomic mass is 16.5. The predicted octanol–water partition coefficient (Wildman–Crippen LogP) is 3.92. The third-order valence-corrected chi connectivity index (χ3v) is 4.41. The average Bonchev–Trinajstić information content (AvgIpc) is 2.80. The SMILES string of the molecule is CCOc1ccccc1CNC(=NC)NCc1cccc(OCc2ccccn2)c1. The normalized spacial score (nSPS) is 11.1. The number of pyridine rings is 1. The quantitative estimate of drug-likeness (QED) is 0.418. The number of aliphatic imine (C=N–C) groups is 1. The molecule has 0 aliphatic rings. The minimum atomic E-state index is 0.445. The maximum absolute atomic E-state index is 5.86. The standard InChI is InChI=1S/C24H28N4O2/c1-3-29-23-13-5-4-10-20(23)17-28-24(25-2)27-16-19-9-8-12-22(15-19)30-18-21-11-6-7-14-26-21/h4-15H,3,16-18H2,1-2H3,(H2,25,27,28). The molecule has 0 spiro atoms. The number of aromatic nitrogens is 1. The van der Waals surface area contributed by atoms with E-state index in [9.17, 15) is 0 Å². The third kappa shape index (κ3) is 6.51. The van der Waals surface area contributed by atoms with Gasteiger partial charge in [0.2, 0.25) is 0 Å². The van der Waals surface area contributed by atoms with Gasteiger partial charge in [-0.15, -0.1) is 0 Å². The van der Waals surface area contributed by atoms with Crippen LogP contribution in [0.5, 0.6) is 11.5 Å². The molecule has 0 fully saturated rings. The summed E-state index contributed by atoms with van der Waals surface area (Å²) in [4.78, 5) is 8.59. The Balaban J connectivity index is 1.51. The van der Waals surface area contributed by atoms with E-state index in [4.69, 9.17) is 9.47 Å². The minimum absolute atomic E-state index is 0.445. The Kier molecular flexibility index (Phi) is 8.09. The van der Waals surface area contributed by atoms with Gasteiger partial charge in [0.1, 0.15) is 18.1 Å². The Morgan fingerprint density at radius 3 is 2.57 bits per heavy atom. The van der Waals surface area contributed by atoms with Gasteiger partial charge in [0, 0.05) is 31.9 Å². The summed E-state index contributed by atoms with van der Waals surface area (Å²) in [5.41, 5.74) is 3.09. The third-order valence-electron chi connectivity index (χ3n) is 4.41. The maximum atomic E-state index is 5.86. The van der Waals surface area contributed by atoms with Crippen LogP contribution < -0.4 is 20.1 Å². The Bertz CT molecular complexity index is 945. The molecule has 0 amide bonds. The van der Waals surface area contributed by atoms with Crippen molar-refractivity contribution < 1.29 is 9.47 Å². The Morgan fingerprint density at radius 2 is 1.77 bits per heavy atom. The molecule has 0 radical (unpaired) electrons. The topological polar surface area (TPSA) is 67.8 Å². The van der Waals surface area contributed by atoms with Crippen molar-refractivity contribution in [3.8, 4) is 11.5 Å². The summed E-state index contributed by atoms with van der Waals surface area (Å²) < 4.78 is 11.5. The van der Waals surface area contributed by atoms with Crippen molar-refractivity contribution >= 4 is 5.96 Å². The Hall–Kier alpha value is -3.54. The first kappa shape index (κ1) is 21.2. The summed E-state index contributed by atoms with van der Waals surface area (Å²) in [6.07, 6.45) is 1.77. The van der Waals surface area contributed by atoms with Crippen LogP contribution >= 0.6 is 0 Å². The largest absolute Gasteiger partial charge is 0.494 e. The van der Waals surface area contributed by atoms with E-state index >= 15 is 0 Å². The van der Waals surface area contributed by atoms with E-state index in [1.807, 2.05) is 67.6 Å². The van der Waals surface area contributed by atoms with Gasteiger partial charge in [0.25, 0.3) is 0 Å². The van der Waals surface area contributed by atoms with E-state index < -0.39 is 0 Å². The van der Waals surface area contributed by atoms with E-state index in [0.29, 0.717) is 26.3 Å². The molecule has 1 heterocycles. The number of rotatable bonds is 9. The highest BCUT2D eigenvalue weighted by Gasteiger charge is 2.05. The molecular formula is C24H28N4O2. The van der Waals surface area contributed by atoms with Crippen LogP contribution in [0.3, 0.4) is 0 Å². The molecule has 2 N–H and O–H groups in total. The zero-order valence-electron chi connectivity index (χ0n) is 17.5. The molecular weight excluding hydrogens is 376 g/mol. The van der Waals surface area contributed by atoms with Gasteiger partial charge in [-0.05, 0) is 42.8 Å². The van der Waals surface area contributed by atoms with Gasteiger partial charge in [-0.1, -0.05) is 36.4 Å². The number of nitrogens with one attached hydrogen (secondary N) is 2. The number of guanidine groups is 1. The van der Waals surface area contributed by atoms with E-state index in [1.165, 1.54) is 0 Å². The van der Waals surface area contributed by atoms with Crippen molar-refractivity contribution in [3.05, 3.63) is 89.7 Å². The molecule has 156 valence electrons. The fraction of sp³-hybridized carbons (Fsp3) is 0.250. The Labute approximate surface area is 178 Å². The molecule has 2 aromatic carbocycles. The molecule has 0 aliphatic heterocycles. The smallest absolute Gasteiger partial charge is 0.191 e. The Morgan fingerprint density at radius 1 is 0.933 bits per heavy atom. The van der Waals surface area contributed by atoms with Gasteiger partial charge in [-0.25, -0.2) is 0 Å². The van der Waals surface area contributed by atoms with Crippen LogP contribution in [0.4, 0.5) is 0 Å². The second kappa shape index (κ2) is 11.5. The summed E-state index contributed by atoms with van der Waals surface area (Å²) in [5.74, 6) is 2.43. The van der Waals surface area contributed by atoms with Gasteiger partial charge in [-0.2, -0.15) is 0 Å². The van der Waals surface area contributed by atoms with Crippen molar-refractivity contribution in [2.24, 2.45) is 4.99 Å². The molecule has 0 saturated heterocycles. The number of hydrogen-bond donors (Lipinski definition) is 2. The number of nitrogens with zero attached hydrogens (tertiary/aromatic N) is 2. The average molecular weight is 405 g/mol. The van der Waals surface area contributed by atoms with Gasteiger partial charge in [0.15, 0.2) is 5.96 Å². The predicted molar refractivity (Wildman–Crippen MR) is 120 cm³/mol. The fourth-order valence-electron chi connectivity index (χ4n) is 2.92. The van der Waals surface area contributed by atoms with Gasteiger partial charge in [-0.3, -0.25) is 9.98 Å². The lowest BCUT2D eigenvalue weighted by atomic mass is 10.2. The number of ether oxygens (including phenoxy) is 2. The number of hydrogen-bond acceptors (Lipinski definition) is 4. The second-order valence-corrected chi connectivity index (χ2v) is 6.58. The zero-order valence-corrected chi connectivity index (χ0v) is 17.5. The van der Waals surface area contributed by atoms with E-state index in [-0.39, 0.29) is 0 Å². The second-order valence-electron chi connectivity index (χ2n) is 6.58. The monoisotopic (exact) mass is 404 g/mol. The molecule has 6 nitrogen and oxygen atoms in total. The molecule has 0 bridgehead atoms. The number of para-hydroxylation sites is 1. The van der Waals surface area contributed by atoms with Gasteiger partial charge in [0.05, 0.1) is 12.3 Å². The van der Waals surface area contributed by atoms with Crippen molar-refractivity contribution in [1.82, 2.24) is 15.6 Å². The van der Waals surface area contributed by atoms with Crippen molar-refractivity contribution in [2.75, 3.05) is 13.7 Å². The van der Waals surface area contributed by atoms with Crippen molar-refractivity contribution in [1.29, 1.82) is 0 Å². The molecule has 1 aromatic heterocycles. The van der Waals surface area contributed by atoms with Crippen LogP contribution in [0.15, 0.2) is 77.9 Å². The van der Waals surface area contributed by atoms with Crippen LogP contribution in [-0.4, -0.2) is 24.6 Å². The first-order valence-electron chi connectivity index (χ1n) is 10.1. The summed E-state index contributed by atoms with van der Waals surface area (Å²) in [5, 5.41) is 6.67. The van der Waals surface area contributed by atoms with Crippen molar-refractivity contribution in [3.63, 3.8) is 0 Å². The van der Waals surface area contributed by atoms with Gasteiger partial charge < -0.3 is 20.1 Å². The van der Waals surface area contributed by atoms with Crippen molar-refractivity contribution in [2.45, 2.75) is 26.6 Å². The molecule has 0 saturated carbocycles. The number of benzene rings is 2. The highest BCUT2D eigenvalue weighted by Crippen LogP contribution is 2.17. The molecule has 3 rings (SSSR count). The first-order valence-corrected chi connectivity index (χ1v) is 10.1. The summed E-state index contributed by atoms with van der Waals surface area (Å²) in [7, 11) is 1.76. The minimum Gasteiger partial charge on any atom is -0.494 e.